The second-order valence-corrected chi connectivity index (χ2v) is 8.44. The van der Waals surface area contributed by atoms with Crippen molar-refractivity contribution >= 4 is 68.8 Å². The van der Waals surface area contributed by atoms with Crippen LogP contribution in [0.25, 0.3) is 0 Å². The molecule has 2 heterocycles. The van der Waals surface area contributed by atoms with Gasteiger partial charge in [-0.1, -0.05) is 11.6 Å². The Bertz CT molecular complexity index is 981. The number of hydrogen-bond acceptors (Lipinski definition) is 6. The smallest absolute Gasteiger partial charge is 0.334 e. The fourth-order valence-corrected chi connectivity index (χ4v) is 4.65. The van der Waals surface area contributed by atoms with Gasteiger partial charge >= 0.3 is 16.2 Å². The van der Waals surface area contributed by atoms with Gasteiger partial charge in [0, 0.05) is 72.8 Å². The first kappa shape index (κ1) is 24.8. The zero-order chi connectivity index (χ0) is 21.0. The van der Waals surface area contributed by atoms with Crippen LogP contribution >= 0.6 is 11.6 Å². The van der Waals surface area contributed by atoms with Gasteiger partial charge in [-0.05, 0) is 25.0 Å². The van der Waals surface area contributed by atoms with Crippen LogP contribution in [0.1, 0.15) is 12.8 Å². The fourth-order valence-electron chi connectivity index (χ4n) is 3.06. The predicted octanol–water partition coefficient (Wildman–Crippen LogP) is 1.75. The number of nitrogens with zero attached hydrogens (tertiary/aromatic N) is 3. The number of carbonyl (C=O) groups excluding carboxylic acids is 1. The Morgan fingerprint density at radius 1 is 1.33 bits per heavy atom. The first-order valence-corrected chi connectivity index (χ1v) is 10.6. The van der Waals surface area contributed by atoms with Crippen LogP contribution in [0.2, 0.25) is 5.02 Å². The third-order valence-corrected chi connectivity index (χ3v) is 6.00. The molecule has 0 unspecified atom stereocenters. The van der Waals surface area contributed by atoms with Gasteiger partial charge < -0.3 is 14.8 Å². The van der Waals surface area contributed by atoms with Crippen molar-refractivity contribution in [3.63, 3.8) is 0 Å². The average Bonchev–Trinajstić information content (AvgIpc) is 3.06. The third-order valence-electron chi connectivity index (χ3n) is 4.31. The molecule has 10 nitrogen and oxygen atoms in total. The molecule has 2 aromatic rings. The van der Waals surface area contributed by atoms with E-state index in [9.17, 15) is 13.2 Å². The number of aromatic nitrogens is 2. The maximum atomic E-state index is 13.1. The Kier molecular flexibility index (Phi) is 8.83. The molecule has 0 bridgehead atoms. The van der Waals surface area contributed by atoms with E-state index in [-0.39, 0.29) is 35.6 Å². The Morgan fingerprint density at radius 2 is 2.03 bits per heavy atom. The van der Waals surface area contributed by atoms with Crippen LogP contribution in [0.5, 0.6) is 5.75 Å². The van der Waals surface area contributed by atoms with Crippen LogP contribution < -0.4 is 19.1 Å². The van der Waals surface area contributed by atoms with E-state index in [0.29, 0.717) is 48.2 Å². The molecule has 3 rings (SSSR count). The zero-order valence-electron chi connectivity index (χ0n) is 17.0. The standard InChI is InChI=1S/C17H22ClN5O5S.Na/c1-22-11-15(10-19-22)23(14-3-5-28-6-4-14)29(25,26)21-17(24)20-13-7-12(18)8-16(9-13)27-2;/h7-11,14H,3-6H2,1-2H3,(H2,20,21,24);. The quantitative estimate of drug-likeness (QED) is 0.627. The Balaban J connectivity index is 0.00000320. The molecule has 2 N–H and O–H groups in total. The summed E-state index contributed by atoms with van der Waals surface area (Å²) in [6.45, 7) is 0.872. The number of carbonyl (C=O) groups is 1. The molecule has 1 fully saturated rings. The molecule has 0 saturated carbocycles. The summed E-state index contributed by atoms with van der Waals surface area (Å²) in [5.74, 6) is 0.426. The van der Waals surface area contributed by atoms with Crippen molar-refractivity contribution in [1.82, 2.24) is 14.5 Å². The summed E-state index contributed by atoms with van der Waals surface area (Å²) in [6.07, 6.45) is 4.02. The van der Waals surface area contributed by atoms with E-state index in [1.165, 1.54) is 34.4 Å². The van der Waals surface area contributed by atoms with Crippen molar-refractivity contribution in [1.29, 1.82) is 0 Å². The number of anilines is 2. The third kappa shape index (κ3) is 6.25. The van der Waals surface area contributed by atoms with Gasteiger partial charge in [0.25, 0.3) is 0 Å². The number of ether oxygens (including phenoxy) is 2. The summed E-state index contributed by atoms with van der Waals surface area (Å²) in [5, 5.41) is 6.84. The molecule has 1 aromatic heterocycles. The first-order chi connectivity index (χ1) is 13.8. The Labute approximate surface area is 202 Å². The number of hydrogen-bond donors (Lipinski definition) is 2. The number of amides is 2. The molecule has 0 atom stereocenters. The Morgan fingerprint density at radius 3 is 2.63 bits per heavy atom. The number of rotatable bonds is 6. The van der Waals surface area contributed by atoms with Crippen LogP contribution in [-0.4, -0.2) is 80.2 Å². The molecule has 1 saturated heterocycles. The normalized spacial score (nSPS) is 14.5. The van der Waals surface area contributed by atoms with Crippen molar-refractivity contribution in [2.75, 3.05) is 29.9 Å². The zero-order valence-corrected chi connectivity index (χ0v) is 20.5. The summed E-state index contributed by atoms with van der Waals surface area (Å²) >= 11 is 5.98. The van der Waals surface area contributed by atoms with Gasteiger partial charge in [0.05, 0.1) is 25.0 Å². The van der Waals surface area contributed by atoms with E-state index >= 15 is 0 Å². The molecule has 1 aliphatic rings. The number of aryl methyl sites for hydroxylation is 1. The molecular formula is C17H22ClN5NaO5S. The number of halogens is 1. The summed E-state index contributed by atoms with van der Waals surface area (Å²) in [7, 11) is -1.07. The van der Waals surface area contributed by atoms with Gasteiger partial charge in [0.1, 0.15) is 5.75 Å². The van der Waals surface area contributed by atoms with Gasteiger partial charge in [0.15, 0.2) is 0 Å². The second kappa shape index (κ2) is 10.7. The summed E-state index contributed by atoms with van der Waals surface area (Å²) < 4.78 is 41.3. The molecule has 13 heteroatoms. The molecule has 159 valence electrons. The van der Waals surface area contributed by atoms with Crippen LogP contribution in [0.15, 0.2) is 30.6 Å². The number of nitrogens with one attached hydrogen (secondary N) is 2. The molecule has 0 aliphatic carbocycles. The van der Waals surface area contributed by atoms with E-state index in [1.807, 2.05) is 0 Å². The summed E-state index contributed by atoms with van der Waals surface area (Å²) in [6, 6.07) is 3.29. The van der Waals surface area contributed by atoms with Gasteiger partial charge in [-0.15, -0.1) is 0 Å². The van der Waals surface area contributed by atoms with E-state index in [1.54, 1.807) is 19.3 Å². The Hall–Kier alpha value is -1.50. The van der Waals surface area contributed by atoms with Crippen LogP contribution in [0.4, 0.5) is 16.2 Å². The van der Waals surface area contributed by atoms with Crippen LogP contribution in [-0.2, 0) is 22.0 Å². The number of methoxy groups -OCH3 is 1. The topological polar surface area (TPSA) is 115 Å². The van der Waals surface area contributed by atoms with E-state index in [2.05, 4.69) is 15.1 Å². The molecule has 30 heavy (non-hydrogen) atoms. The molecule has 1 radical (unpaired) electrons. The predicted molar refractivity (Wildman–Crippen MR) is 114 cm³/mol. The van der Waals surface area contributed by atoms with Gasteiger partial charge in [-0.2, -0.15) is 13.5 Å². The average molecular weight is 467 g/mol. The number of urea groups is 1. The van der Waals surface area contributed by atoms with Crippen LogP contribution in [0.3, 0.4) is 0 Å². The SMILES string of the molecule is COc1cc(Cl)cc(NC(=O)NS(=O)(=O)N(c2cnn(C)c2)C2CCOCC2)c1.[Na]. The summed E-state index contributed by atoms with van der Waals surface area (Å²) in [4.78, 5) is 12.4. The largest absolute Gasteiger partial charge is 0.497 e. The minimum Gasteiger partial charge on any atom is -0.497 e. The molecule has 0 spiro atoms. The number of benzene rings is 1. The molecule has 1 aliphatic heterocycles. The van der Waals surface area contributed by atoms with Crippen molar-refractivity contribution < 1.29 is 22.7 Å². The molecular weight excluding hydrogens is 445 g/mol. The van der Waals surface area contributed by atoms with E-state index < -0.39 is 16.2 Å². The molecule has 1 aromatic carbocycles. The van der Waals surface area contributed by atoms with Crippen molar-refractivity contribution in [3.05, 3.63) is 35.6 Å². The first-order valence-electron chi connectivity index (χ1n) is 8.82. The van der Waals surface area contributed by atoms with Gasteiger partial charge in [0.2, 0.25) is 0 Å². The van der Waals surface area contributed by atoms with Gasteiger partial charge in [-0.25, -0.2) is 13.8 Å². The monoisotopic (exact) mass is 466 g/mol. The maximum Gasteiger partial charge on any atom is 0.334 e. The minimum atomic E-state index is -4.21. The van der Waals surface area contributed by atoms with E-state index in [0.717, 1.165) is 0 Å². The van der Waals surface area contributed by atoms with Crippen molar-refractivity contribution in [2.45, 2.75) is 18.9 Å². The second-order valence-electron chi connectivity index (χ2n) is 6.45. The minimum absolute atomic E-state index is 0. The van der Waals surface area contributed by atoms with E-state index in [4.69, 9.17) is 21.1 Å². The van der Waals surface area contributed by atoms with Crippen LogP contribution in [0, 0.1) is 0 Å². The molecule has 2 amide bonds. The maximum absolute atomic E-state index is 13.1. The van der Waals surface area contributed by atoms with Crippen molar-refractivity contribution in [3.8, 4) is 5.75 Å². The van der Waals surface area contributed by atoms with Gasteiger partial charge in [-0.3, -0.25) is 4.68 Å². The summed E-state index contributed by atoms with van der Waals surface area (Å²) in [5.41, 5.74) is 0.658. The van der Waals surface area contributed by atoms with Crippen molar-refractivity contribution in [2.24, 2.45) is 7.05 Å². The fraction of sp³-hybridized carbons (Fsp3) is 0.412.